The smallest absolute Gasteiger partial charge is 0.152 e. The van der Waals surface area contributed by atoms with Gasteiger partial charge >= 0.3 is 0 Å². The standard InChI is InChI=1S/C20H24O3/c1-12(2)16-8-5-13(3)9-17(16)20-18(22)10-15(11-19(20)23)7-6-14(4)21/h6-7,9-11,16-17,22-23H,1,5,8H2,2-4H3/b7-6-/t16-,17+/m0/s1. The molecule has 0 aliphatic heterocycles. The fraction of sp³-hybridized carbons (Fsp3) is 0.350. The predicted octanol–water partition coefficient (Wildman–Crippen LogP) is 4.72. The molecule has 2 N–H and O–H groups in total. The second-order valence-corrected chi connectivity index (χ2v) is 6.45. The summed E-state index contributed by atoms with van der Waals surface area (Å²) >= 11 is 0. The highest BCUT2D eigenvalue weighted by atomic mass is 16.3. The molecule has 2 rings (SSSR count). The third-order valence-electron chi connectivity index (χ3n) is 4.38. The predicted molar refractivity (Wildman–Crippen MR) is 93.5 cm³/mol. The molecule has 3 nitrogen and oxygen atoms in total. The van der Waals surface area contributed by atoms with E-state index >= 15 is 0 Å². The van der Waals surface area contributed by atoms with Crippen molar-refractivity contribution in [3.63, 3.8) is 0 Å². The number of carbonyl (C=O) groups is 1. The topological polar surface area (TPSA) is 57.5 Å². The van der Waals surface area contributed by atoms with E-state index in [4.69, 9.17) is 0 Å². The molecule has 1 aliphatic rings. The molecule has 0 unspecified atom stereocenters. The van der Waals surface area contributed by atoms with Gasteiger partial charge in [-0.1, -0.05) is 29.9 Å². The Bertz CT molecular complexity index is 672. The second kappa shape index (κ2) is 6.86. The number of benzene rings is 1. The summed E-state index contributed by atoms with van der Waals surface area (Å²) in [6.45, 7) is 9.58. The summed E-state index contributed by atoms with van der Waals surface area (Å²) in [5, 5.41) is 20.9. The van der Waals surface area contributed by atoms with Crippen LogP contribution < -0.4 is 0 Å². The quantitative estimate of drug-likeness (QED) is 0.625. The lowest BCUT2D eigenvalue weighted by Gasteiger charge is -2.31. The zero-order chi connectivity index (χ0) is 17.1. The lowest BCUT2D eigenvalue weighted by Crippen LogP contribution is -2.17. The maximum Gasteiger partial charge on any atom is 0.152 e. The van der Waals surface area contributed by atoms with Crippen LogP contribution in [0.1, 0.15) is 50.7 Å². The van der Waals surface area contributed by atoms with Crippen LogP contribution in [0.3, 0.4) is 0 Å². The van der Waals surface area contributed by atoms with Crippen molar-refractivity contribution in [2.24, 2.45) is 5.92 Å². The molecule has 0 amide bonds. The molecule has 0 spiro atoms. The molecular weight excluding hydrogens is 288 g/mol. The zero-order valence-corrected chi connectivity index (χ0v) is 14.0. The minimum Gasteiger partial charge on any atom is -0.507 e. The molecule has 0 bridgehead atoms. The van der Waals surface area contributed by atoms with Gasteiger partial charge in [0.25, 0.3) is 0 Å². The highest BCUT2D eigenvalue weighted by molar-refractivity contribution is 5.91. The minimum absolute atomic E-state index is 0.0513. The van der Waals surface area contributed by atoms with Gasteiger partial charge in [0, 0.05) is 11.5 Å². The van der Waals surface area contributed by atoms with E-state index in [1.807, 2.05) is 6.92 Å². The van der Waals surface area contributed by atoms with Crippen molar-refractivity contribution in [3.8, 4) is 11.5 Å². The summed E-state index contributed by atoms with van der Waals surface area (Å²) in [4.78, 5) is 11.0. The number of phenolic OH excluding ortho intramolecular Hbond substituents is 2. The largest absolute Gasteiger partial charge is 0.507 e. The molecule has 2 atom stereocenters. The maximum absolute atomic E-state index is 11.0. The normalized spacial score (nSPS) is 21.3. The van der Waals surface area contributed by atoms with Crippen LogP contribution in [-0.4, -0.2) is 16.0 Å². The van der Waals surface area contributed by atoms with E-state index < -0.39 is 0 Å². The molecule has 122 valence electrons. The van der Waals surface area contributed by atoms with E-state index in [1.165, 1.54) is 18.6 Å². The molecule has 1 aromatic rings. The fourth-order valence-corrected chi connectivity index (χ4v) is 3.20. The molecule has 0 saturated heterocycles. The Morgan fingerprint density at radius 2 is 1.87 bits per heavy atom. The van der Waals surface area contributed by atoms with Gasteiger partial charge in [0.1, 0.15) is 11.5 Å². The van der Waals surface area contributed by atoms with Gasteiger partial charge in [0.15, 0.2) is 5.78 Å². The number of rotatable bonds is 4. The van der Waals surface area contributed by atoms with Gasteiger partial charge in [0.05, 0.1) is 0 Å². The average Bonchev–Trinajstić information content (AvgIpc) is 2.44. The summed E-state index contributed by atoms with van der Waals surface area (Å²) in [5.74, 6) is 0.147. The van der Waals surface area contributed by atoms with Crippen LogP contribution in [0, 0.1) is 5.92 Å². The molecule has 0 radical (unpaired) electrons. The van der Waals surface area contributed by atoms with E-state index in [0.717, 1.165) is 18.4 Å². The highest BCUT2D eigenvalue weighted by Crippen LogP contribution is 2.46. The van der Waals surface area contributed by atoms with Gasteiger partial charge in [-0.25, -0.2) is 0 Å². The fourth-order valence-electron chi connectivity index (χ4n) is 3.20. The van der Waals surface area contributed by atoms with E-state index in [-0.39, 0.29) is 29.1 Å². The Morgan fingerprint density at radius 1 is 1.26 bits per heavy atom. The van der Waals surface area contributed by atoms with E-state index in [0.29, 0.717) is 11.1 Å². The average molecular weight is 312 g/mol. The summed E-state index contributed by atoms with van der Waals surface area (Å²) in [7, 11) is 0. The van der Waals surface area contributed by atoms with Gasteiger partial charge in [-0.05, 0) is 63.3 Å². The molecular formula is C20H24O3. The van der Waals surface area contributed by atoms with Crippen molar-refractivity contribution in [3.05, 3.63) is 53.1 Å². The van der Waals surface area contributed by atoms with Crippen molar-refractivity contribution < 1.29 is 15.0 Å². The van der Waals surface area contributed by atoms with E-state index in [2.05, 4.69) is 19.6 Å². The molecule has 1 aromatic carbocycles. The van der Waals surface area contributed by atoms with Crippen molar-refractivity contribution >= 4 is 11.9 Å². The number of hydrogen-bond donors (Lipinski definition) is 2. The summed E-state index contributed by atoms with van der Waals surface area (Å²) in [6.07, 6.45) is 7.09. The molecule has 23 heavy (non-hydrogen) atoms. The molecule has 0 saturated carbocycles. The van der Waals surface area contributed by atoms with Crippen LogP contribution in [0.5, 0.6) is 11.5 Å². The van der Waals surface area contributed by atoms with Crippen LogP contribution in [0.25, 0.3) is 6.08 Å². The van der Waals surface area contributed by atoms with Crippen LogP contribution in [0.4, 0.5) is 0 Å². The first kappa shape index (κ1) is 17.1. The Kier molecular flexibility index (Phi) is 5.09. The third kappa shape index (κ3) is 3.92. The van der Waals surface area contributed by atoms with Crippen molar-refractivity contribution in [1.29, 1.82) is 0 Å². The first-order chi connectivity index (χ1) is 10.8. The maximum atomic E-state index is 11.0. The lowest BCUT2D eigenvalue weighted by molar-refractivity contribution is -0.112. The summed E-state index contributed by atoms with van der Waals surface area (Å²) < 4.78 is 0. The molecule has 0 heterocycles. The Hall–Kier alpha value is -2.29. The first-order valence-corrected chi connectivity index (χ1v) is 7.86. The Balaban J connectivity index is 2.47. The number of hydrogen-bond acceptors (Lipinski definition) is 3. The van der Waals surface area contributed by atoms with Crippen molar-refractivity contribution in [2.45, 2.75) is 39.5 Å². The SMILES string of the molecule is C=C(C)[C@@H]1CCC(C)=C[C@H]1c1c(O)cc(/C=C\C(C)=O)cc1O. The van der Waals surface area contributed by atoms with Gasteiger partial charge in [-0.2, -0.15) is 0 Å². The lowest BCUT2D eigenvalue weighted by atomic mass is 9.73. The molecule has 1 aliphatic carbocycles. The number of aromatic hydroxyl groups is 2. The third-order valence-corrected chi connectivity index (χ3v) is 4.38. The van der Waals surface area contributed by atoms with Crippen LogP contribution >= 0.6 is 0 Å². The Labute approximate surface area is 137 Å². The minimum atomic E-state index is -0.0822. The van der Waals surface area contributed by atoms with Crippen LogP contribution in [0.2, 0.25) is 0 Å². The zero-order valence-electron chi connectivity index (χ0n) is 14.0. The molecule has 3 heteroatoms. The second-order valence-electron chi connectivity index (χ2n) is 6.45. The first-order valence-electron chi connectivity index (χ1n) is 7.86. The number of allylic oxidation sites excluding steroid dienone is 4. The van der Waals surface area contributed by atoms with Gasteiger partial charge < -0.3 is 10.2 Å². The van der Waals surface area contributed by atoms with Crippen molar-refractivity contribution in [2.75, 3.05) is 0 Å². The van der Waals surface area contributed by atoms with Gasteiger partial charge in [0.2, 0.25) is 0 Å². The van der Waals surface area contributed by atoms with Gasteiger partial charge in [-0.15, -0.1) is 0 Å². The van der Waals surface area contributed by atoms with Crippen molar-refractivity contribution in [1.82, 2.24) is 0 Å². The Morgan fingerprint density at radius 3 is 2.39 bits per heavy atom. The number of phenols is 2. The van der Waals surface area contributed by atoms with E-state index in [9.17, 15) is 15.0 Å². The summed E-state index contributed by atoms with van der Waals surface area (Å²) in [5.41, 5.74) is 3.45. The molecule has 0 aromatic heterocycles. The summed E-state index contributed by atoms with van der Waals surface area (Å²) in [6, 6.07) is 3.17. The monoisotopic (exact) mass is 312 g/mol. The number of ketones is 1. The van der Waals surface area contributed by atoms with Crippen LogP contribution in [0.15, 0.2) is 42.0 Å². The van der Waals surface area contributed by atoms with Crippen LogP contribution in [-0.2, 0) is 4.79 Å². The molecule has 0 fully saturated rings. The number of carbonyl (C=O) groups excluding carboxylic acids is 1. The van der Waals surface area contributed by atoms with Gasteiger partial charge in [-0.3, -0.25) is 4.79 Å². The van der Waals surface area contributed by atoms with E-state index in [1.54, 1.807) is 18.2 Å². The highest BCUT2D eigenvalue weighted by Gasteiger charge is 2.29.